The summed E-state index contributed by atoms with van der Waals surface area (Å²) in [4.78, 5) is 0.126. The summed E-state index contributed by atoms with van der Waals surface area (Å²) in [5.74, 6) is -0.374. The van der Waals surface area contributed by atoms with Gasteiger partial charge in [-0.3, -0.25) is 0 Å². The molecule has 0 saturated heterocycles. The van der Waals surface area contributed by atoms with E-state index >= 15 is 0 Å². The van der Waals surface area contributed by atoms with E-state index in [9.17, 15) is 12.8 Å². The quantitative estimate of drug-likeness (QED) is 0.879. The maximum atomic E-state index is 13.6. The van der Waals surface area contributed by atoms with Gasteiger partial charge in [0.2, 0.25) is 10.0 Å². The van der Waals surface area contributed by atoms with Crippen LogP contribution in [0, 0.1) is 5.82 Å². The summed E-state index contributed by atoms with van der Waals surface area (Å²) in [6, 6.07) is 4.37. The summed E-state index contributed by atoms with van der Waals surface area (Å²) in [7, 11) is -0.582. The number of benzene rings is 1. The molecule has 1 aromatic rings. The summed E-state index contributed by atoms with van der Waals surface area (Å²) in [5.41, 5.74) is 0.393. The molecule has 0 amide bonds. The van der Waals surface area contributed by atoms with Crippen molar-refractivity contribution >= 4 is 10.0 Å². The van der Waals surface area contributed by atoms with Gasteiger partial charge in [-0.05, 0) is 31.0 Å². The molecule has 0 bridgehead atoms. The first-order valence-electron chi connectivity index (χ1n) is 5.85. The maximum absolute atomic E-state index is 13.6. The summed E-state index contributed by atoms with van der Waals surface area (Å²) in [6.07, 6.45) is 2.22. The van der Waals surface area contributed by atoms with Crippen molar-refractivity contribution in [2.45, 2.75) is 30.3 Å². The van der Waals surface area contributed by atoms with E-state index in [-0.39, 0.29) is 10.7 Å². The predicted octanol–water partition coefficient (Wildman–Crippen LogP) is 1.33. The third kappa shape index (κ3) is 2.88. The van der Waals surface area contributed by atoms with Crippen LogP contribution < -0.4 is 5.32 Å². The number of hydrogen-bond donors (Lipinski definition) is 1. The lowest BCUT2D eigenvalue weighted by Crippen LogP contribution is -2.23. The number of sulfonamides is 1. The summed E-state index contributed by atoms with van der Waals surface area (Å²) in [5, 5.41) is 3.17. The summed E-state index contributed by atoms with van der Waals surface area (Å²) in [6.45, 7) is 0.368. The molecule has 2 rings (SSSR count). The molecule has 1 aliphatic carbocycles. The Morgan fingerprint density at radius 3 is 2.61 bits per heavy atom. The first-order valence-corrected chi connectivity index (χ1v) is 7.29. The van der Waals surface area contributed by atoms with Gasteiger partial charge in [0.05, 0.1) is 4.90 Å². The minimum absolute atomic E-state index is 0.126. The highest BCUT2D eigenvalue weighted by atomic mass is 32.2. The summed E-state index contributed by atoms with van der Waals surface area (Å²) < 4.78 is 38.6. The Morgan fingerprint density at radius 2 is 2.06 bits per heavy atom. The molecule has 1 saturated carbocycles. The van der Waals surface area contributed by atoms with Crippen LogP contribution in [0.2, 0.25) is 0 Å². The molecular formula is C12H17FN2O2S. The van der Waals surface area contributed by atoms with Crippen molar-refractivity contribution in [2.24, 2.45) is 0 Å². The lowest BCUT2D eigenvalue weighted by atomic mass is 10.2. The smallest absolute Gasteiger partial charge is 0.242 e. The third-order valence-corrected chi connectivity index (χ3v) is 4.77. The van der Waals surface area contributed by atoms with Gasteiger partial charge in [0.25, 0.3) is 0 Å². The van der Waals surface area contributed by atoms with Crippen molar-refractivity contribution in [3.05, 3.63) is 29.6 Å². The fourth-order valence-electron chi connectivity index (χ4n) is 1.60. The average molecular weight is 272 g/mol. The number of nitrogens with zero attached hydrogens (tertiary/aromatic N) is 1. The van der Waals surface area contributed by atoms with Crippen LogP contribution in [-0.4, -0.2) is 32.9 Å². The largest absolute Gasteiger partial charge is 0.310 e. The fraction of sp³-hybridized carbons (Fsp3) is 0.500. The highest BCUT2D eigenvalue weighted by Gasteiger charge is 2.22. The first kappa shape index (κ1) is 13.5. The van der Waals surface area contributed by atoms with E-state index < -0.39 is 10.0 Å². The molecule has 0 spiro atoms. The normalized spacial score (nSPS) is 16.2. The Balaban J connectivity index is 2.24. The molecule has 0 unspecified atom stereocenters. The molecule has 1 aromatic carbocycles. The van der Waals surface area contributed by atoms with Crippen LogP contribution in [0.1, 0.15) is 18.4 Å². The average Bonchev–Trinajstić information content (AvgIpc) is 3.11. The van der Waals surface area contributed by atoms with E-state index in [0.717, 1.165) is 17.1 Å². The number of halogens is 1. The Labute approximate surface area is 107 Å². The molecule has 1 N–H and O–H groups in total. The fourth-order valence-corrected chi connectivity index (χ4v) is 2.55. The monoisotopic (exact) mass is 272 g/mol. The SMILES string of the molecule is CN(C)S(=O)(=O)c1ccc(F)c(CNC2CC2)c1. The Bertz CT molecular complexity index is 539. The molecule has 0 atom stereocenters. The molecule has 0 aromatic heterocycles. The number of nitrogens with one attached hydrogen (secondary N) is 1. The van der Waals surface area contributed by atoms with Gasteiger partial charge in [-0.25, -0.2) is 17.1 Å². The van der Waals surface area contributed by atoms with E-state index in [1.54, 1.807) is 0 Å². The lowest BCUT2D eigenvalue weighted by Gasteiger charge is -2.13. The second-order valence-electron chi connectivity index (χ2n) is 4.70. The van der Waals surface area contributed by atoms with E-state index in [4.69, 9.17) is 0 Å². The van der Waals surface area contributed by atoms with Crippen LogP contribution >= 0.6 is 0 Å². The van der Waals surface area contributed by atoms with E-state index in [0.29, 0.717) is 18.2 Å². The van der Waals surface area contributed by atoms with Gasteiger partial charge in [-0.1, -0.05) is 0 Å². The Morgan fingerprint density at radius 1 is 1.39 bits per heavy atom. The minimum Gasteiger partial charge on any atom is -0.310 e. The minimum atomic E-state index is -3.50. The lowest BCUT2D eigenvalue weighted by molar-refractivity contribution is 0.519. The van der Waals surface area contributed by atoms with Gasteiger partial charge in [0.1, 0.15) is 5.82 Å². The summed E-state index contributed by atoms with van der Waals surface area (Å²) >= 11 is 0. The van der Waals surface area contributed by atoms with Crippen LogP contribution in [0.3, 0.4) is 0 Å². The zero-order valence-electron chi connectivity index (χ0n) is 10.5. The molecule has 1 fully saturated rings. The van der Waals surface area contributed by atoms with Crippen molar-refractivity contribution in [2.75, 3.05) is 14.1 Å². The highest BCUT2D eigenvalue weighted by molar-refractivity contribution is 7.89. The van der Waals surface area contributed by atoms with Crippen LogP contribution in [0.25, 0.3) is 0 Å². The topological polar surface area (TPSA) is 49.4 Å². The van der Waals surface area contributed by atoms with Crippen LogP contribution in [0.4, 0.5) is 4.39 Å². The second kappa shape index (κ2) is 4.95. The molecular weight excluding hydrogens is 255 g/mol. The highest BCUT2D eigenvalue weighted by Crippen LogP contribution is 2.21. The van der Waals surface area contributed by atoms with Crippen molar-refractivity contribution in [3.8, 4) is 0 Å². The molecule has 6 heteroatoms. The Hall–Kier alpha value is -0.980. The van der Waals surface area contributed by atoms with Gasteiger partial charge < -0.3 is 5.32 Å². The van der Waals surface area contributed by atoms with Gasteiger partial charge in [-0.15, -0.1) is 0 Å². The Kier molecular flexibility index (Phi) is 3.70. The molecule has 100 valence electrons. The molecule has 1 aliphatic rings. The van der Waals surface area contributed by atoms with Crippen LogP contribution in [0.5, 0.6) is 0 Å². The maximum Gasteiger partial charge on any atom is 0.242 e. The molecule has 4 nitrogen and oxygen atoms in total. The molecule has 0 radical (unpaired) electrons. The zero-order valence-corrected chi connectivity index (χ0v) is 11.3. The first-order chi connectivity index (χ1) is 8.41. The van der Waals surface area contributed by atoms with E-state index in [2.05, 4.69) is 5.32 Å². The van der Waals surface area contributed by atoms with Crippen molar-refractivity contribution in [3.63, 3.8) is 0 Å². The van der Waals surface area contributed by atoms with Gasteiger partial charge in [0.15, 0.2) is 0 Å². The van der Waals surface area contributed by atoms with Gasteiger partial charge >= 0.3 is 0 Å². The number of hydrogen-bond acceptors (Lipinski definition) is 3. The standard InChI is InChI=1S/C12H17FN2O2S/c1-15(2)18(16,17)11-5-6-12(13)9(7-11)8-14-10-3-4-10/h5-7,10,14H,3-4,8H2,1-2H3. The third-order valence-electron chi connectivity index (χ3n) is 2.95. The zero-order chi connectivity index (χ0) is 13.3. The molecule has 0 aliphatic heterocycles. The van der Waals surface area contributed by atoms with E-state index in [1.165, 1.54) is 32.3 Å². The van der Waals surface area contributed by atoms with Gasteiger partial charge in [0, 0.05) is 32.2 Å². The van der Waals surface area contributed by atoms with Crippen molar-refractivity contribution in [1.82, 2.24) is 9.62 Å². The molecule has 18 heavy (non-hydrogen) atoms. The van der Waals surface area contributed by atoms with Gasteiger partial charge in [-0.2, -0.15) is 0 Å². The molecule has 0 heterocycles. The van der Waals surface area contributed by atoms with Crippen LogP contribution in [-0.2, 0) is 16.6 Å². The predicted molar refractivity (Wildman–Crippen MR) is 67.1 cm³/mol. The van der Waals surface area contributed by atoms with E-state index in [1.807, 2.05) is 0 Å². The number of rotatable bonds is 5. The second-order valence-corrected chi connectivity index (χ2v) is 6.85. The van der Waals surface area contributed by atoms with Crippen LogP contribution in [0.15, 0.2) is 23.1 Å². The van der Waals surface area contributed by atoms with Crippen molar-refractivity contribution < 1.29 is 12.8 Å². The van der Waals surface area contributed by atoms with Crippen molar-refractivity contribution in [1.29, 1.82) is 0 Å².